The molecule has 1 aromatic rings. The lowest BCUT2D eigenvalue weighted by Gasteiger charge is -2.09. The van der Waals surface area contributed by atoms with Crippen molar-refractivity contribution in [1.29, 1.82) is 0 Å². The Labute approximate surface area is 106 Å². The highest BCUT2D eigenvalue weighted by Crippen LogP contribution is 2.35. The molecule has 1 saturated carbocycles. The summed E-state index contributed by atoms with van der Waals surface area (Å²) in [5.74, 6) is 2.49. The third kappa shape index (κ3) is 2.28. The van der Waals surface area contributed by atoms with Crippen LogP contribution in [0.3, 0.4) is 0 Å². The standard InChI is InChI=1S/C14H16O4/c15-12(10-3-1-2-4-10)8-16-11-5-6-13-14(7-11)18-9-17-13/h5-7,10H,1-4,8-9H2. The molecule has 1 aliphatic carbocycles. The second-order valence-corrected chi connectivity index (χ2v) is 4.75. The average Bonchev–Trinajstić information content (AvgIpc) is 3.05. The van der Waals surface area contributed by atoms with Crippen molar-refractivity contribution in [2.45, 2.75) is 25.7 Å². The molecule has 18 heavy (non-hydrogen) atoms. The number of ether oxygens (including phenoxy) is 3. The molecule has 1 fully saturated rings. The fraction of sp³-hybridized carbons (Fsp3) is 0.500. The first-order valence-corrected chi connectivity index (χ1v) is 6.38. The molecule has 4 nitrogen and oxygen atoms in total. The van der Waals surface area contributed by atoms with E-state index >= 15 is 0 Å². The quantitative estimate of drug-likeness (QED) is 0.821. The van der Waals surface area contributed by atoms with E-state index in [0.29, 0.717) is 11.5 Å². The fourth-order valence-corrected chi connectivity index (χ4v) is 2.49. The summed E-state index contributed by atoms with van der Waals surface area (Å²) >= 11 is 0. The van der Waals surface area contributed by atoms with Crippen molar-refractivity contribution in [3.63, 3.8) is 0 Å². The zero-order chi connectivity index (χ0) is 12.4. The predicted molar refractivity (Wildman–Crippen MR) is 65.0 cm³/mol. The van der Waals surface area contributed by atoms with Crippen LogP contribution in [0.25, 0.3) is 0 Å². The van der Waals surface area contributed by atoms with Gasteiger partial charge in [-0.1, -0.05) is 12.8 Å². The molecule has 0 bridgehead atoms. The highest BCUT2D eigenvalue weighted by molar-refractivity contribution is 5.82. The molecule has 96 valence electrons. The van der Waals surface area contributed by atoms with Crippen molar-refractivity contribution < 1.29 is 19.0 Å². The summed E-state index contributed by atoms with van der Waals surface area (Å²) in [4.78, 5) is 11.9. The van der Waals surface area contributed by atoms with E-state index in [-0.39, 0.29) is 25.1 Å². The van der Waals surface area contributed by atoms with Gasteiger partial charge in [-0.3, -0.25) is 4.79 Å². The topological polar surface area (TPSA) is 44.8 Å². The molecule has 3 rings (SSSR count). The van der Waals surface area contributed by atoms with Gasteiger partial charge in [0.05, 0.1) is 0 Å². The Bertz CT molecular complexity index is 449. The van der Waals surface area contributed by atoms with E-state index in [4.69, 9.17) is 14.2 Å². The van der Waals surface area contributed by atoms with Gasteiger partial charge in [-0.25, -0.2) is 0 Å². The predicted octanol–water partition coefficient (Wildman–Crippen LogP) is 2.55. The number of Topliss-reactive ketones (excluding diaryl/α,β-unsaturated/α-hetero) is 1. The van der Waals surface area contributed by atoms with Crippen LogP contribution in [-0.2, 0) is 4.79 Å². The number of benzene rings is 1. The summed E-state index contributed by atoms with van der Waals surface area (Å²) in [5, 5.41) is 0. The Balaban J connectivity index is 1.58. The first-order valence-electron chi connectivity index (χ1n) is 6.38. The first kappa shape index (κ1) is 11.4. The second kappa shape index (κ2) is 4.88. The van der Waals surface area contributed by atoms with E-state index in [0.717, 1.165) is 18.6 Å². The molecular weight excluding hydrogens is 232 g/mol. The van der Waals surface area contributed by atoms with Crippen LogP contribution in [0.15, 0.2) is 18.2 Å². The molecule has 0 spiro atoms. The summed E-state index contributed by atoms with van der Waals surface area (Å²) < 4.78 is 16.0. The number of carbonyl (C=O) groups excluding carboxylic acids is 1. The molecule has 0 unspecified atom stereocenters. The third-order valence-electron chi connectivity index (χ3n) is 3.54. The fourth-order valence-electron chi connectivity index (χ4n) is 2.49. The average molecular weight is 248 g/mol. The number of fused-ring (bicyclic) bond motifs is 1. The molecule has 1 heterocycles. The number of ketones is 1. The van der Waals surface area contributed by atoms with Crippen LogP contribution in [-0.4, -0.2) is 19.2 Å². The van der Waals surface area contributed by atoms with Gasteiger partial charge in [-0.15, -0.1) is 0 Å². The van der Waals surface area contributed by atoms with Crippen molar-refractivity contribution in [3.8, 4) is 17.2 Å². The number of hydrogen-bond donors (Lipinski definition) is 0. The van der Waals surface area contributed by atoms with Crippen LogP contribution < -0.4 is 14.2 Å². The minimum atomic E-state index is 0.157. The normalized spacial score (nSPS) is 18.0. The summed E-state index contributed by atoms with van der Waals surface area (Å²) in [7, 11) is 0. The lowest BCUT2D eigenvalue weighted by Crippen LogP contribution is -2.19. The SMILES string of the molecule is O=C(COc1ccc2c(c1)OCO2)C1CCCC1. The lowest BCUT2D eigenvalue weighted by molar-refractivity contribution is -0.124. The number of carbonyl (C=O) groups is 1. The maximum atomic E-state index is 11.9. The lowest BCUT2D eigenvalue weighted by atomic mass is 10.0. The van der Waals surface area contributed by atoms with Gasteiger partial charge in [0.2, 0.25) is 6.79 Å². The zero-order valence-electron chi connectivity index (χ0n) is 10.2. The molecule has 0 atom stereocenters. The Kier molecular flexibility index (Phi) is 3.09. The van der Waals surface area contributed by atoms with Gasteiger partial charge in [0.15, 0.2) is 17.3 Å². The van der Waals surface area contributed by atoms with Crippen molar-refractivity contribution >= 4 is 5.78 Å². The second-order valence-electron chi connectivity index (χ2n) is 4.75. The van der Waals surface area contributed by atoms with Crippen LogP contribution in [0, 0.1) is 5.92 Å². The molecule has 0 saturated heterocycles. The smallest absolute Gasteiger partial charge is 0.231 e. The monoisotopic (exact) mass is 248 g/mol. The molecule has 0 N–H and O–H groups in total. The van der Waals surface area contributed by atoms with Gasteiger partial charge in [0, 0.05) is 12.0 Å². The van der Waals surface area contributed by atoms with Crippen LogP contribution >= 0.6 is 0 Å². The van der Waals surface area contributed by atoms with E-state index in [1.807, 2.05) is 0 Å². The highest BCUT2D eigenvalue weighted by Gasteiger charge is 2.23. The maximum Gasteiger partial charge on any atom is 0.231 e. The molecule has 1 aliphatic heterocycles. The Morgan fingerprint density at radius 2 is 2.00 bits per heavy atom. The molecule has 0 amide bonds. The molecule has 0 aromatic heterocycles. The van der Waals surface area contributed by atoms with Crippen molar-refractivity contribution in [2.75, 3.05) is 13.4 Å². The Hall–Kier alpha value is -1.71. The highest BCUT2D eigenvalue weighted by atomic mass is 16.7. The Morgan fingerprint density at radius 1 is 1.22 bits per heavy atom. The van der Waals surface area contributed by atoms with Crippen LogP contribution in [0.4, 0.5) is 0 Å². The van der Waals surface area contributed by atoms with Crippen LogP contribution in [0.5, 0.6) is 17.2 Å². The van der Waals surface area contributed by atoms with Gasteiger partial charge in [-0.2, -0.15) is 0 Å². The van der Waals surface area contributed by atoms with Crippen molar-refractivity contribution in [3.05, 3.63) is 18.2 Å². The third-order valence-corrected chi connectivity index (χ3v) is 3.54. The maximum absolute atomic E-state index is 11.9. The van der Waals surface area contributed by atoms with Crippen LogP contribution in [0.2, 0.25) is 0 Å². The molecule has 2 aliphatic rings. The number of rotatable bonds is 4. The number of hydrogen-bond acceptors (Lipinski definition) is 4. The summed E-state index contributed by atoms with van der Waals surface area (Å²) in [5.41, 5.74) is 0. The molecule has 1 aromatic carbocycles. The van der Waals surface area contributed by atoms with E-state index in [2.05, 4.69) is 0 Å². The summed E-state index contributed by atoms with van der Waals surface area (Å²) in [6.07, 6.45) is 4.37. The molecule has 4 heteroatoms. The van der Waals surface area contributed by atoms with Gasteiger partial charge in [0.1, 0.15) is 12.4 Å². The van der Waals surface area contributed by atoms with Gasteiger partial charge in [-0.05, 0) is 25.0 Å². The minimum Gasteiger partial charge on any atom is -0.486 e. The summed E-state index contributed by atoms with van der Waals surface area (Å²) in [6, 6.07) is 5.37. The van der Waals surface area contributed by atoms with E-state index < -0.39 is 0 Å². The van der Waals surface area contributed by atoms with Crippen molar-refractivity contribution in [1.82, 2.24) is 0 Å². The van der Waals surface area contributed by atoms with E-state index in [1.165, 1.54) is 12.8 Å². The minimum absolute atomic E-state index is 0.157. The van der Waals surface area contributed by atoms with E-state index in [9.17, 15) is 4.79 Å². The zero-order valence-corrected chi connectivity index (χ0v) is 10.2. The molecular formula is C14H16O4. The Morgan fingerprint density at radius 3 is 2.83 bits per heavy atom. The van der Waals surface area contributed by atoms with E-state index in [1.54, 1.807) is 18.2 Å². The first-order chi connectivity index (χ1) is 8.83. The van der Waals surface area contributed by atoms with Gasteiger partial charge >= 0.3 is 0 Å². The van der Waals surface area contributed by atoms with Gasteiger partial charge < -0.3 is 14.2 Å². The van der Waals surface area contributed by atoms with Crippen LogP contribution in [0.1, 0.15) is 25.7 Å². The van der Waals surface area contributed by atoms with Gasteiger partial charge in [0.25, 0.3) is 0 Å². The van der Waals surface area contributed by atoms with Crippen molar-refractivity contribution in [2.24, 2.45) is 5.92 Å². The summed E-state index contributed by atoms with van der Waals surface area (Å²) in [6.45, 7) is 0.407. The molecule has 0 radical (unpaired) electrons. The largest absolute Gasteiger partial charge is 0.486 e.